The van der Waals surface area contributed by atoms with Gasteiger partial charge in [-0.3, -0.25) is 4.79 Å². The van der Waals surface area contributed by atoms with E-state index in [2.05, 4.69) is 103 Å². The van der Waals surface area contributed by atoms with Crippen molar-refractivity contribution in [2.45, 2.75) is 207 Å². The Balaban J connectivity index is 1.04. The maximum atomic E-state index is 12.6. The van der Waals surface area contributed by atoms with E-state index in [0.29, 0.717) is 35.5 Å². The molecule has 1 heterocycles. The first-order valence-corrected chi connectivity index (χ1v) is 24.7. The highest BCUT2D eigenvalue weighted by Crippen LogP contribution is 2.67. The maximum Gasteiger partial charge on any atom is 0.305 e. The number of unbranched alkanes of at least 4 members (excludes halogenated alkanes) is 5. The van der Waals surface area contributed by atoms with Crippen molar-refractivity contribution in [3.05, 3.63) is 60.3 Å². The van der Waals surface area contributed by atoms with Gasteiger partial charge in [0.2, 0.25) is 0 Å². The highest BCUT2D eigenvalue weighted by molar-refractivity contribution is 5.69. The van der Waals surface area contributed by atoms with Gasteiger partial charge in [0, 0.05) is 6.42 Å². The van der Waals surface area contributed by atoms with Crippen LogP contribution in [0.4, 0.5) is 0 Å². The topological polar surface area (TPSA) is 105 Å². The summed E-state index contributed by atoms with van der Waals surface area (Å²) < 4.78 is 18.0. The van der Waals surface area contributed by atoms with Crippen LogP contribution >= 0.6 is 0 Å². The third kappa shape index (κ3) is 12.4. The molecule has 7 nitrogen and oxygen atoms in total. The average molecular weight is 835 g/mol. The van der Waals surface area contributed by atoms with Gasteiger partial charge >= 0.3 is 5.97 Å². The first-order valence-electron chi connectivity index (χ1n) is 24.7. The van der Waals surface area contributed by atoms with Crippen LogP contribution in [0.5, 0.6) is 0 Å². The number of fused-ring (bicyclic) bond motifs is 5. The molecule has 0 spiro atoms. The van der Waals surface area contributed by atoms with Crippen molar-refractivity contribution >= 4 is 5.97 Å². The van der Waals surface area contributed by atoms with Crippen LogP contribution in [0.15, 0.2) is 60.3 Å². The van der Waals surface area contributed by atoms with Gasteiger partial charge in [0.15, 0.2) is 6.29 Å². The van der Waals surface area contributed by atoms with Gasteiger partial charge in [0.25, 0.3) is 0 Å². The lowest BCUT2D eigenvalue weighted by atomic mass is 9.47. The SMILES string of the molecule is CC/C=C\C/C=C\C/C=C\CCCCCCCC(=O)OCC1O[C@@H](O[C@H]2CC[C@@]3(C)C(=CC[C@H]4[C@@H]5CC[C@H]([C@H](C)/C=C/[C@@H](CC)C(C)C)[C@@]5(C)CC[C@@H]43)C2)C(O)C(O)[C@@H]1O. The Morgan fingerprint density at radius 2 is 1.55 bits per heavy atom. The summed E-state index contributed by atoms with van der Waals surface area (Å²) in [6.07, 6.45) is 34.3. The van der Waals surface area contributed by atoms with E-state index in [1.54, 1.807) is 0 Å². The summed E-state index contributed by atoms with van der Waals surface area (Å²) in [6.45, 7) is 16.6. The molecule has 5 rings (SSSR count). The Morgan fingerprint density at radius 3 is 2.28 bits per heavy atom. The van der Waals surface area contributed by atoms with Crippen molar-refractivity contribution in [1.82, 2.24) is 0 Å². The number of esters is 1. The van der Waals surface area contributed by atoms with Crippen molar-refractivity contribution < 1.29 is 34.3 Å². The van der Waals surface area contributed by atoms with E-state index in [9.17, 15) is 20.1 Å². The smallest absolute Gasteiger partial charge is 0.305 e. The number of carbonyl (C=O) groups is 1. The molecule has 5 aliphatic rings. The number of aliphatic hydroxyl groups is 3. The Morgan fingerprint density at radius 1 is 0.833 bits per heavy atom. The van der Waals surface area contributed by atoms with Crippen molar-refractivity contribution in [2.24, 2.45) is 52.3 Å². The van der Waals surface area contributed by atoms with E-state index in [4.69, 9.17) is 14.2 Å². The summed E-state index contributed by atoms with van der Waals surface area (Å²) in [7, 11) is 0. The molecule has 4 fully saturated rings. The second-order valence-corrected chi connectivity index (χ2v) is 20.3. The maximum absolute atomic E-state index is 12.6. The van der Waals surface area contributed by atoms with Crippen molar-refractivity contribution in [2.75, 3.05) is 6.61 Å². The van der Waals surface area contributed by atoms with Gasteiger partial charge < -0.3 is 29.5 Å². The molecule has 60 heavy (non-hydrogen) atoms. The van der Waals surface area contributed by atoms with E-state index >= 15 is 0 Å². The van der Waals surface area contributed by atoms with Gasteiger partial charge in [-0.2, -0.15) is 0 Å². The minimum absolute atomic E-state index is 0.151. The molecule has 0 aromatic heterocycles. The molecule has 1 aliphatic heterocycles. The third-order valence-electron chi connectivity index (χ3n) is 16.2. The molecule has 3 unspecified atom stereocenters. The lowest BCUT2D eigenvalue weighted by Crippen LogP contribution is -2.60. The Hall–Kier alpha value is -2.03. The number of hydrogen-bond donors (Lipinski definition) is 3. The normalized spacial score (nSPS) is 36.8. The number of carbonyl (C=O) groups excluding carboxylic acids is 1. The van der Waals surface area contributed by atoms with Gasteiger partial charge in [-0.25, -0.2) is 0 Å². The van der Waals surface area contributed by atoms with Crippen molar-refractivity contribution in [1.29, 1.82) is 0 Å². The summed E-state index contributed by atoms with van der Waals surface area (Å²) in [5, 5.41) is 32.5. The largest absolute Gasteiger partial charge is 0.463 e. The molecule has 340 valence electrons. The van der Waals surface area contributed by atoms with Crippen LogP contribution in [0.1, 0.15) is 170 Å². The van der Waals surface area contributed by atoms with Crippen LogP contribution in [0.25, 0.3) is 0 Å². The van der Waals surface area contributed by atoms with Gasteiger partial charge in [0.05, 0.1) is 6.10 Å². The summed E-state index contributed by atoms with van der Waals surface area (Å²) in [4.78, 5) is 12.6. The lowest BCUT2D eigenvalue weighted by Gasteiger charge is -2.58. The molecule has 0 aromatic carbocycles. The lowest BCUT2D eigenvalue weighted by molar-refractivity contribution is -0.313. The molecule has 3 N–H and O–H groups in total. The fraction of sp³-hybridized carbons (Fsp3) is 0.792. The highest BCUT2D eigenvalue weighted by atomic mass is 16.7. The average Bonchev–Trinajstić information content (AvgIpc) is 3.59. The number of rotatable bonds is 22. The number of allylic oxidation sites excluding steroid dienone is 9. The van der Waals surface area contributed by atoms with Crippen molar-refractivity contribution in [3.63, 3.8) is 0 Å². The zero-order valence-electron chi connectivity index (χ0n) is 38.8. The quantitative estimate of drug-likeness (QED) is 0.0567. The summed E-state index contributed by atoms with van der Waals surface area (Å²) >= 11 is 0. The van der Waals surface area contributed by atoms with Crippen LogP contribution in [0.3, 0.4) is 0 Å². The first-order chi connectivity index (χ1) is 28.8. The summed E-state index contributed by atoms with van der Waals surface area (Å²) in [5.74, 6) is 4.57. The van der Waals surface area contributed by atoms with E-state index in [0.717, 1.165) is 101 Å². The van der Waals surface area contributed by atoms with Crippen LogP contribution in [0.2, 0.25) is 0 Å². The van der Waals surface area contributed by atoms with Gasteiger partial charge in [0.1, 0.15) is 31.0 Å². The molecule has 0 radical (unpaired) electrons. The number of aliphatic hydroxyl groups excluding tert-OH is 3. The molecule has 0 bridgehead atoms. The molecule has 3 saturated carbocycles. The summed E-state index contributed by atoms with van der Waals surface area (Å²) in [6, 6.07) is 0. The van der Waals surface area contributed by atoms with E-state index in [1.165, 1.54) is 37.7 Å². The van der Waals surface area contributed by atoms with E-state index in [1.807, 2.05) is 0 Å². The molecule has 4 aliphatic carbocycles. The molecule has 7 heteroatoms. The Kier molecular flexibility index (Phi) is 19.3. The monoisotopic (exact) mass is 835 g/mol. The second kappa shape index (κ2) is 23.6. The van der Waals surface area contributed by atoms with Crippen molar-refractivity contribution in [3.8, 4) is 0 Å². The molecular weight excluding hydrogens is 749 g/mol. The highest BCUT2D eigenvalue weighted by Gasteiger charge is 2.59. The fourth-order valence-electron chi connectivity index (χ4n) is 12.4. The number of hydrogen-bond acceptors (Lipinski definition) is 7. The number of ether oxygens (including phenoxy) is 3. The Labute approximate surface area is 365 Å². The van der Waals surface area contributed by atoms with E-state index in [-0.39, 0.29) is 24.1 Å². The molecular formula is C53H86O7. The summed E-state index contributed by atoms with van der Waals surface area (Å²) in [5.41, 5.74) is 2.04. The predicted molar refractivity (Wildman–Crippen MR) is 244 cm³/mol. The second-order valence-electron chi connectivity index (χ2n) is 20.3. The minimum Gasteiger partial charge on any atom is -0.463 e. The van der Waals surface area contributed by atoms with Crippen LogP contribution < -0.4 is 0 Å². The Bertz CT molecular complexity index is 1460. The molecule has 1 saturated heterocycles. The predicted octanol–water partition coefficient (Wildman–Crippen LogP) is 11.8. The zero-order chi connectivity index (χ0) is 43.3. The minimum atomic E-state index is -1.46. The van der Waals surface area contributed by atoms with E-state index < -0.39 is 30.7 Å². The standard InChI is InChI=1S/C53H86O7/c1-8-10-11-12-13-14-15-16-17-18-19-20-21-22-23-24-47(54)58-36-46-48(55)49(56)50(57)51(60-46)59-41-31-33-52(6)40(35-41)27-28-42-44-30-29-43(53(44,7)34-32-45(42)52)38(5)25-26-39(9-2)37(3)4/h10-11,13-14,16-17,25-27,37-39,41-46,48-51,55-57H,8-9,12,15,18-24,28-36H2,1-7H3/b11-10-,14-13-,17-16-,26-25+/t38-,39-,41+,42+,43-,44+,45+,46?,48-,49?,50?,51-,52+,53-/m1/s1. The van der Waals surface area contributed by atoms with Gasteiger partial charge in [-0.1, -0.05) is 128 Å². The molecule has 0 amide bonds. The molecule has 0 aromatic rings. The third-order valence-corrected chi connectivity index (χ3v) is 16.2. The van der Waals surface area contributed by atoms with Crippen LogP contribution in [0, 0.1) is 52.3 Å². The van der Waals surface area contributed by atoms with Gasteiger partial charge in [-0.05, 0) is 149 Å². The fourth-order valence-corrected chi connectivity index (χ4v) is 12.4. The van der Waals surface area contributed by atoms with Crippen LogP contribution in [-0.4, -0.2) is 64.7 Å². The zero-order valence-corrected chi connectivity index (χ0v) is 38.8. The van der Waals surface area contributed by atoms with Gasteiger partial charge in [-0.15, -0.1) is 0 Å². The molecule has 14 atom stereocenters. The first kappa shape index (κ1) is 49.0. The van der Waals surface area contributed by atoms with Crippen LogP contribution in [-0.2, 0) is 19.0 Å².